The minimum Gasteiger partial charge on any atom is -0.462 e. The van der Waals surface area contributed by atoms with E-state index < -0.39 is 23.6 Å². The van der Waals surface area contributed by atoms with Crippen LogP contribution in [0.25, 0.3) is 10.8 Å². The van der Waals surface area contributed by atoms with Gasteiger partial charge >= 0.3 is 17.9 Å². The van der Waals surface area contributed by atoms with E-state index in [-0.39, 0.29) is 38.2 Å². The van der Waals surface area contributed by atoms with Crippen LogP contribution in [0.4, 0.5) is 17.1 Å². The van der Waals surface area contributed by atoms with E-state index in [1.807, 2.05) is 37.3 Å². The Balaban J connectivity index is 1.45. The van der Waals surface area contributed by atoms with Gasteiger partial charge in [-0.05, 0) is 31.4 Å². The molecule has 1 aliphatic heterocycles. The summed E-state index contributed by atoms with van der Waals surface area (Å²) in [4.78, 5) is 35.1. The van der Waals surface area contributed by atoms with Crippen molar-refractivity contribution in [1.29, 1.82) is 0 Å². The SMILES string of the molecule is C=C(C)C(=O)OCCOC(=O)CCC(=O)OCC1(C)Nc2cccc3ccc(N)c(c23)N1. The summed E-state index contributed by atoms with van der Waals surface area (Å²) in [6, 6.07) is 9.66. The first-order valence-electron chi connectivity index (χ1n) is 10.2. The van der Waals surface area contributed by atoms with Gasteiger partial charge in [0.25, 0.3) is 0 Å². The molecule has 0 saturated heterocycles. The van der Waals surface area contributed by atoms with E-state index in [1.165, 1.54) is 6.92 Å². The molecule has 1 aliphatic rings. The smallest absolute Gasteiger partial charge is 0.333 e. The molecule has 0 aromatic heterocycles. The lowest BCUT2D eigenvalue weighted by atomic mass is 9.99. The van der Waals surface area contributed by atoms with Gasteiger partial charge < -0.3 is 30.6 Å². The molecule has 2 aromatic rings. The standard InChI is InChI=1S/C23H27N3O6/c1-14(2)22(29)31-12-11-30-18(27)9-10-19(28)32-13-23(3)25-17-6-4-5-15-7-8-16(24)21(26-23)20(15)17/h4-8,25-26H,1,9-13,24H2,2-3H3. The molecule has 0 bridgehead atoms. The Bertz CT molecular complexity index is 1070. The zero-order valence-corrected chi connectivity index (χ0v) is 18.2. The van der Waals surface area contributed by atoms with Crippen molar-refractivity contribution in [2.24, 2.45) is 0 Å². The molecule has 32 heavy (non-hydrogen) atoms. The molecule has 0 spiro atoms. The van der Waals surface area contributed by atoms with Crippen molar-refractivity contribution >= 4 is 45.7 Å². The van der Waals surface area contributed by atoms with E-state index in [1.54, 1.807) is 0 Å². The summed E-state index contributed by atoms with van der Waals surface area (Å²) >= 11 is 0. The largest absolute Gasteiger partial charge is 0.462 e. The normalized spacial score (nSPS) is 16.4. The van der Waals surface area contributed by atoms with Gasteiger partial charge in [0, 0.05) is 16.6 Å². The summed E-state index contributed by atoms with van der Waals surface area (Å²) in [6.45, 7) is 6.68. The van der Waals surface area contributed by atoms with Gasteiger partial charge in [-0.15, -0.1) is 0 Å². The van der Waals surface area contributed by atoms with Crippen LogP contribution in [0, 0.1) is 0 Å². The lowest BCUT2D eigenvalue weighted by Crippen LogP contribution is -2.49. The van der Waals surface area contributed by atoms with Crippen LogP contribution in [0.1, 0.15) is 26.7 Å². The molecule has 4 N–H and O–H groups in total. The third kappa shape index (κ3) is 5.48. The van der Waals surface area contributed by atoms with Crippen LogP contribution in [0.5, 0.6) is 0 Å². The average Bonchev–Trinajstić information content (AvgIpc) is 2.76. The molecule has 9 heteroatoms. The van der Waals surface area contributed by atoms with Crippen molar-refractivity contribution in [2.75, 3.05) is 36.2 Å². The predicted molar refractivity (Wildman–Crippen MR) is 121 cm³/mol. The molecule has 170 valence electrons. The van der Waals surface area contributed by atoms with Crippen LogP contribution in [-0.2, 0) is 28.6 Å². The molecule has 1 heterocycles. The molecule has 1 atom stereocenters. The third-order valence-electron chi connectivity index (χ3n) is 4.87. The van der Waals surface area contributed by atoms with Gasteiger partial charge in [-0.2, -0.15) is 0 Å². The maximum absolute atomic E-state index is 12.1. The Labute approximate surface area is 185 Å². The molecule has 0 aliphatic carbocycles. The number of carbonyl (C=O) groups excluding carboxylic acids is 3. The Morgan fingerprint density at radius 2 is 1.69 bits per heavy atom. The first-order valence-corrected chi connectivity index (χ1v) is 10.2. The monoisotopic (exact) mass is 441 g/mol. The lowest BCUT2D eigenvalue weighted by Gasteiger charge is -2.38. The van der Waals surface area contributed by atoms with Crippen molar-refractivity contribution in [3.63, 3.8) is 0 Å². The van der Waals surface area contributed by atoms with E-state index in [0.29, 0.717) is 5.69 Å². The van der Waals surface area contributed by atoms with Gasteiger partial charge in [-0.25, -0.2) is 4.79 Å². The Kier molecular flexibility index (Phi) is 6.87. The minimum atomic E-state index is -0.778. The summed E-state index contributed by atoms with van der Waals surface area (Å²) in [5.41, 5.74) is 7.91. The highest BCUT2D eigenvalue weighted by Gasteiger charge is 2.32. The van der Waals surface area contributed by atoms with Crippen molar-refractivity contribution in [2.45, 2.75) is 32.4 Å². The fourth-order valence-electron chi connectivity index (χ4n) is 3.30. The summed E-state index contributed by atoms with van der Waals surface area (Å²) in [7, 11) is 0. The van der Waals surface area contributed by atoms with Crippen LogP contribution in [0.3, 0.4) is 0 Å². The summed E-state index contributed by atoms with van der Waals surface area (Å²) in [5, 5.41) is 8.70. The fraction of sp³-hybridized carbons (Fsp3) is 0.348. The van der Waals surface area contributed by atoms with E-state index >= 15 is 0 Å². The number of nitrogens with one attached hydrogen (secondary N) is 2. The summed E-state index contributed by atoms with van der Waals surface area (Å²) < 4.78 is 15.1. The van der Waals surface area contributed by atoms with E-state index in [4.69, 9.17) is 19.9 Å². The third-order valence-corrected chi connectivity index (χ3v) is 4.87. The number of anilines is 3. The Morgan fingerprint density at radius 1 is 1.00 bits per heavy atom. The van der Waals surface area contributed by atoms with Crippen molar-refractivity contribution in [3.8, 4) is 0 Å². The highest BCUT2D eigenvalue weighted by atomic mass is 16.6. The first-order chi connectivity index (χ1) is 15.2. The first kappa shape index (κ1) is 22.9. The number of nitrogens with two attached hydrogens (primary N) is 1. The van der Waals surface area contributed by atoms with Crippen molar-refractivity contribution in [1.82, 2.24) is 0 Å². The average molecular weight is 441 g/mol. The van der Waals surface area contributed by atoms with E-state index in [9.17, 15) is 14.4 Å². The van der Waals surface area contributed by atoms with Gasteiger partial charge in [-0.3, -0.25) is 9.59 Å². The number of ether oxygens (including phenoxy) is 3. The van der Waals surface area contributed by atoms with E-state index in [0.717, 1.165) is 22.1 Å². The lowest BCUT2D eigenvalue weighted by molar-refractivity contribution is -0.153. The Morgan fingerprint density at radius 3 is 2.41 bits per heavy atom. The second kappa shape index (κ2) is 9.59. The number of benzene rings is 2. The van der Waals surface area contributed by atoms with Crippen LogP contribution >= 0.6 is 0 Å². The van der Waals surface area contributed by atoms with Gasteiger partial charge in [0.2, 0.25) is 0 Å². The number of esters is 3. The molecule has 1 unspecified atom stereocenters. The number of rotatable bonds is 9. The number of nitrogen functional groups attached to an aromatic ring is 1. The van der Waals surface area contributed by atoms with Gasteiger partial charge in [0.05, 0.1) is 24.2 Å². The molecule has 0 fully saturated rings. The zero-order chi connectivity index (χ0) is 23.3. The van der Waals surface area contributed by atoms with E-state index in [2.05, 4.69) is 17.2 Å². The van der Waals surface area contributed by atoms with Gasteiger partial charge in [0.1, 0.15) is 25.5 Å². The molecule has 9 nitrogen and oxygen atoms in total. The van der Waals surface area contributed by atoms with Crippen molar-refractivity contribution in [3.05, 3.63) is 42.5 Å². The molecular weight excluding hydrogens is 414 g/mol. The molecule has 3 rings (SSSR count). The second-order valence-electron chi connectivity index (χ2n) is 7.81. The summed E-state index contributed by atoms with van der Waals surface area (Å²) in [5.74, 6) is -1.67. The van der Waals surface area contributed by atoms with Crippen LogP contribution in [-0.4, -0.2) is 43.4 Å². The topological polar surface area (TPSA) is 129 Å². The minimum absolute atomic E-state index is 0.0158. The van der Waals surface area contributed by atoms with Crippen molar-refractivity contribution < 1.29 is 28.6 Å². The highest BCUT2D eigenvalue weighted by Crippen LogP contribution is 2.41. The quantitative estimate of drug-likeness (QED) is 0.177. The van der Waals surface area contributed by atoms with Crippen LogP contribution < -0.4 is 16.4 Å². The predicted octanol–water partition coefficient (Wildman–Crippen LogP) is 2.96. The molecule has 0 saturated carbocycles. The Hall–Kier alpha value is -3.75. The van der Waals surface area contributed by atoms with Crippen LogP contribution in [0.2, 0.25) is 0 Å². The van der Waals surface area contributed by atoms with Gasteiger partial charge in [-0.1, -0.05) is 24.8 Å². The molecular formula is C23H27N3O6. The highest BCUT2D eigenvalue weighted by molar-refractivity contribution is 6.09. The molecule has 2 aromatic carbocycles. The maximum atomic E-state index is 12.1. The summed E-state index contributed by atoms with van der Waals surface area (Å²) in [6.07, 6.45) is -0.269. The van der Waals surface area contributed by atoms with Crippen LogP contribution in [0.15, 0.2) is 42.5 Å². The second-order valence-corrected chi connectivity index (χ2v) is 7.81. The number of hydrogen-bond acceptors (Lipinski definition) is 9. The zero-order valence-electron chi connectivity index (χ0n) is 18.2. The molecule has 0 radical (unpaired) electrons. The molecule has 0 amide bonds. The maximum Gasteiger partial charge on any atom is 0.333 e. The fourth-order valence-corrected chi connectivity index (χ4v) is 3.30. The number of carbonyl (C=O) groups is 3. The van der Waals surface area contributed by atoms with Gasteiger partial charge in [0.15, 0.2) is 0 Å². The number of hydrogen-bond donors (Lipinski definition) is 3.